The number of nitrogens with one attached hydrogen (secondary N) is 2. The summed E-state index contributed by atoms with van der Waals surface area (Å²) in [6, 6.07) is 6.67. The molecule has 0 radical (unpaired) electrons. The minimum absolute atomic E-state index is 0.0559. The molecule has 2 aromatic rings. The van der Waals surface area contributed by atoms with Crippen LogP contribution in [0.2, 0.25) is 0 Å². The average Bonchev–Trinajstić information content (AvgIpc) is 2.45. The highest BCUT2D eigenvalue weighted by Crippen LogP contribution is 2.28. The Hall–Kier alpha value is -2.35. The fraction of sp³-hybridized carbons (Fsp3) is 0.286. The van der Waals surface area contributed by atoms with Gasteiger partial charge in [-0.15, -0.1) is 0 Å². The number of fused-ring (bicyclic) bond motifs is 1. The summed E-state index contributed by atoms with van der Waals surface area (Å²) in [7, 11) is -1.58. The van der Waals surface area contributed by atoms with Crippen LogP contribution in [0.25, 0.3) is 10.8 Å². The van der Waals surface area contributed by atoms with Crippen molar-refractivity contribution >= 4 is 32.3 Å². The minimum Gasteiger partial charge on any atom is -0.481 e. The Morgan fingerprint density at radius 2 is 2.05 bits per heavy atom. The number of urea groups is 1. The summed E-state index contributed by atoms with van der Waals surface area (Å²) in [4.78, 5) is 15.9. The maximum atomic E-state index is 11.8. The van der Waals surface area contributed by atoms with E-state index in [2.05, 4.69) is 15.6 Å². The monoisotopic (exact) mass is 323 g/mol. The quantitative estimate of drug-likeness (QED) is 0.867. The van der Waals surface area contributed by atoms with E-state index in [9.17, 15) is 13.2 Å². The summed E-state index contributed by atoms with van der Waals surface area (Å²) >= 11 is 0. The molecule has 0 saturated carbocycles. The van der Waals surface area contributed by atoms with E-state index in [0.717, 1.165) is 17.0 Å². The lowest BCUT2D eigenvalue weighted by atomic mass is 10.1. The van der Waals surface area contributed by atoms with Crippen molar-refractivity contribution in [3.8, 4) is 5.88 Å². The molecular formula is C14H17N3O4S. The van der Waals surface area contributed by atoms with Gasteiger partial charge in [0.25, 0.3) is 0 Å². The van der Waals surface area contributed by atoms with Crippen LogP contribution in [0.15, 0.2) is 30.5 Å². The number of benzene rings is 1. The molecule has 0 aliphatic heterocycles. The fourth-order valence-electron chi connectivity index (χ4n) is 1.97. The molecule has 0 fully saturated rings. The molecule has 0 unspecified atom stereocenters. The first-order valence-corrected chi connectivity index (χ1v) is 8.61. The van der Waals surface area contributed by atoms with Crippen LogP contribution in [-0.4, -0.2) is 45.1 Å². The highest BCUT2D eigenvalue weighted by atomic mass is 32.2. The molecule has 0 aliphatic rings. The van der Waals surface area contributed by atoms with Crippen molar-refractivity contribution in [1.82, 2.24) is 10.3 Å². The zero-order chi connectivity index (χ0) is 16.2. The molecule has 1 heterocycles. The number of carbonyl (C=O) groups is 1. The minimum atomic E-state index is -3.10. The third kappa shape index (κ3) is 4.08. The van der Waals surface area contributed by atoms with Gasteiger partial charge in [0, 0.05) is 29.8 Å². The normalized spacial score (nSPS) is 11.2. The molecule has 0 spiro atoms. The van der Waals surface area contributed by atoms with Crippen LogP contribution in [0.4, 0.5) is 10.5 Å². The third-order valence-electron chi connectivity index (χ3n) is 2.97. The van der Waals surface area contributed by atoms with Crippen molar-refractivity contribution in [3.63, 3.8) is 0 Å². The van der Waals surface area contributed by atoms with Crippen LogP contribution in [0.5, 0.6) is 5.88 Å². The highest BCUT2D eigenvalue weighted by Gasteiger charge is 2.09. The summed E-state index contributed by atoms with van der Waals surface area (Å²) in [5, 5.41) is 6.76. The summed E-state index contributed by atoms with van der Waals surface area (Å²) in [5.74, 6) is 0.367. The molecule has 8 heteroatoms. The van der Waals surface area contributed by atoms with Gasteiger partial charge in [0.15, 0.2) is 0 Å². The van der Waals surface area contributed by atoms with E-state index >= 15 is 0 Å². The molecule has 1 aromatic heterocycles. The number of rotatable bonds is 5. The van der Waals surface area contributed by atoms with Crippen LogP contribution >= 0.6 is 0 Å². The first-order chi connectivity index (χ1) is 10.4. The van der Waals surface area contributed by atoms with Crippen molar-refractivity contribution in [2.75, 3.05) is 31.0 Å². The predicted octanol–water partition coefficient (Wildman–Crippen LogP) is 1.41. The number of aromatic nitrogens is 1. The molecular weight excluding hydrogens is 306 g/mol. The number of pyridine rings is 1. The smallest absolute Gasteiger partial charge is 0.319 e. The van der Waals surface area contributed by atoms with Crippen LogP contribution < -0.4 is 15.4 Å². The van der Waals surface area contributed by atoms with E-state index < -0.39 is 15.9 Å². The number of hydrogen-bond donors (Lipinski definition) is 2. The Morgan fingerprint density at radius 1 is 1.27 bits per heavy atom. The topological polar surface area (TPSA) is 97.4 Å². The van der Waals surface area contributed by atoms with E-state index in [1.165, 1.54) is 7.11 Å². The van der Waals surface area contributed by atoms with Crippen molar-refractivity contribution in [3.05, 3.63) is 30.5 Å². The Kier molecular flexibility index (Phi) is 4.81. The standard InChI is InChI=1S/C14H17N3O4S/c1-21-13-11-4-3-5-12(10(11)6-7-15-13)17-14(18)16-8-9-22(2,19)20/h3-7H,8-9H2,1-2H3,(H2,16,17,18). The largest absolute Gasteiger partial charge is 0.481 e. The number of amides is 2. The number of hydrogen-bond acceptors (Lipinski definition) is 5. The van der Waals surface area contributed by atoms with Gasteiger partial charge in [0.2, 0.25) is 5.88 Å². The fourth-order valence-corrected chi connectivity index (χ4v) is 2.44. The Balaban J connectivity index is 2.13. The third-order valence-corrected chi connectivity index (χ3v) is 3.92. The first kappa shape index (κ1) is 16.0. The second kappa shape index (κ2) is 6.61. The first-order valence-electron chi connectivity index (χ1n) is 6.55. The molecule has 0 atom stereocenters. The lowest BCUT2D eigenvalue weighted by Gasteiger charge is -2.11. The number of methoxy groups -OCH3 is 1. The number of anilines is 1. The average molecular weight is 323 g/mol. The van der Waals surface area contributed by atoms with Crippen molar-refractivity contribution in [2.45, 2.75) is 0 Å². The van der Waals surface area contributed by atoms with Gasteiger partial charge in [0.1, 0.15) is 9.84 Å². The number of carbonyl (C=O) groups excluding carboxylic acids is 1. The lowest BCUT2D eigenvalue weighted by molar-refractivity contribution is 0.252. The molecule has 7 nitrogen and oxygen atoms in total. The van der Waals surface area contributed by atoms with E-state index in [0.29, 0.717) is 11.6 Å². The van der Waals surface area contributed by atoms with Crippen LogP contribution in [0.3, 0.4) is 0 Å². The molecule has 2 amide bonds. The molecule has 118 valence electrons. The van der Waals surface area contributed by atoms with Crippen molar-refractivity contribution in [1.29, 1.82) is 0 Å². The Labute approximate surface area is 128 Å². The zero-order valence-corrected chi connectivity index (χ0v) is 13.1. The van der Waals surface area contributed by atoms with E-state index in [1.54, 1.807) is 24.4 Å². The summed E-state index contributed by atoms with van der Waals surface area (Å²) in [6.45, 7) is 0.0559. The maximum Gasteiger partial charge on any atom is 0.319 e. The van der Waals surface area contributed by atoms with Crippen molar-refractivity contribution in [2.24, 2.45) is 0 Å². The van der Waals surface area contributed by atoms with Crippen LogP contribution in [0.1, 0.15) is 0 Å². The zero-order valence-electron chi connectivity index (χ0n) is 12.3. The SMILES string of the molecule is COc1nccc2c(NC(=O)NCCS(C)(=O)=O)cccc12. The second-order valence-electron chi connectivity index (χ2n) is 4.73. The molecule has 0 saturated heterocycles. The lowest BCUT2D eigenvalue weighted by Crippen LogP contribution is -2.32. The Morgan fingerprint density at radius 3 is 2.73 bits per heavy atom. The van der Waals surface area contributed by atoms with Gasteiger partial charge in [-0.3, -0.25) is 0 Å². The predicted molar refractivity (Wildman–Crippen MR) is 85.0 cm³/mol. The second-order valence-corrected chi connectivity index (χ2v) is 6.99. The molecule has 2 rings (SSSR count). The summed E-state index contributed by atoms with van der Waals surface area (Å²) in [6.07, 6.45) is 2.71. The molecule has 0 aliphatic carbocycles. The molecule has 0 bridgehead atoms. The van der Waals surface area contributed by atoms with E-state index in [1.807, 2.05) is 6.07 Å². The molecule has 1 aromatic carbocycles. The molecule has 22 heavy (non-hydrogen) atoms. The van der Waals surface area contributed by atoms with Gasteiger partial charge in [-0.25, -0.2) is 18.2 Å². The van der Waals surface area contributed by atoms with E-state index in [-0.39, 0.29) is 12.3 Å². The number of nitrogens with zero attached hydrogens (tertiary/aromatic N) is 1. The van der Waals surface area contributed by atoms with Gasteiger partial charge in [-0.2, -0.15) is 0 Å². The maximum absolute atomic E-state index is 11.8. The summed E-state index contributed by atoms with van der Waals surface area (Å²) in [5.41, 5.74) is 0.593. The van der Waals surface area contributed by atoms with Gasteiger partial charge < -0.3 is 15.4 Å². The van der Waals surface area contributed by atoms with E-state index in [4.69, 9.17) is 4.74 Å². The van der Waals surface area contributed by atoms with Crippen molar-refractivity contribution < 1.29 is 17.9 Å². The van der Waals surface area contributed by atoms with Gasteiger partial charge in [-0.1, -0.05) is 6.07 Å². The Bertz CT molecular complexity index is 790. The van der Waals surface area contributed by atoms with Gasteiger partial charge in [0.05, 0.1) is 18.6 Å². The van der Waals surface area contributed by atoms with Crippen LogP contribution in [0, 0.1) is 0 Å². The number of sulfone groups is 1. The number of ether oxygens (including phenoxy) is 1. The van der Waals surface area contributed by atoms with Crippen LogP contribution in [-0.2, 0) is 9.84 Å². The molecule has 2 N–H and O–H groups in total. The highest BCUT2D eigenvalue weighted by molar-refractivity contribution is 7.90. The van der Waals surface area contributed by atoms with Gasteiger partial charge in [-0.05, 0) is 18.2 Å². The van der Waals surface area contributed by atoms with Gasteiger partial charge >= 0.3 is 6.03 Å². The summed E-state index contributed by atoms with van der Waals surface area (Å²) < 4.78 is 27.2.